The van der Waals surface area contributed by atoms with Crippen LogP contribution in [0, 0.1) is 23.2 Å². The molecule has 3 atom stereocenters. The van der Waals surface area contributed by atoms with Crippen LogP contribution in [0.15, 0.2) is 0 Å². The molecule has 0 aliphatic carbocycles. The Morgan fingerprint density at radius 2 is 1.73 bits per heavy atom. The first kappa shape index (κ1) is 19.5. The van der Waals surface area contributed by atoms with Crippen molar-refractivity contribution in [1.82, 2.24) is 4.90 Å². The van der Waals surface area contributed by atoms with Gasteiger partial charge in [-0.1, -0.05) is 47.5 Å². The van der Waals surface area contributed by atoms with E-state index in [2.05, 4.69) is 46.4 Å². The van der Waals surface area contributed by atoms with E-state index in [4.69, 9.17) is 4.74 Å². The lowest BCUT2D eigenvalue weighted by Crippen LogP contribution is -2.49. The van der Waals surface area contributed by atoms with Crippen molar-refractivity contribution in [2.75, 3.05) is 26.3 Å². The van der Waals surface area contributed by atoms with Crippen LogP contribution in [0.1, 0.15) is 67.2 Å². The fraction of sp³-hybridized carbons (Fsp3) is 0.947. The number of carbonyl (C=O) groups excluding carboxylic acids is 1. The summed E-state index contributed by atoms with van der Waals surface area (Å²) in [7, 11) is 0. The van der Waals surface area contributed by atoms with Crippen molar-refractivity contribution < 1.29 is 9.53 Å². The minimum Gasteiger partial charge on any atom is -0.381 e. The second kappa shape index (κ2) is 8.90. The van der Waals surface area contributed by atoms with Crippen molar-refractivity contribution in [1.29, 1.82) is 0 Å². The maximum Gasteiger partial charge on any atom is 0.226 e. The van der Waals surface area contributed by atoms with Crippen LogP contribution in [0.25, 0.3) is 0 Å². The Bertz CT molecular complexity index is 336. The Kier molecular flexibility index (Phi) is 7.88. The lowest BCUT2D eigenvalue weighted by Gasteiger charge is -2.44. The highest BCUT2D eigenvalue weighted by Crippen LogP contribution is 2.43. The van der Waals surface area contributed by atoms with Crippen LogP contribution in [-0.2, 0) is 9.53 Å². The molecule has 1 aliphatic heterocycles. The number of carbonyl (C=O) groups is 1. The summed E-state index contributed by atoms with van der Waals surface area (Å²) in [6, 6.07) is 0. The Hall–Kier alpha value is -0.570. The molecule has 3 heteroatoms. The van der Waals surface area contributed by atoms with Crippen LogP contribution in [-0.4, -0.2) is 37.1 Å². The first-order chi connectivity index (χ1) is 10.4. The average Bonchev–Trinajstić information content (AvgIpc) is 2.52. The molecule has 3 unspecified atom stereocenters. The number of amides is 1. The van der Waals surface area contributed by atoms with Crippen LogP contribution >= 0.6 is 0 Å². The van der Waals surface area contributed by atoms with Gasteiger partial charge in [0.05, 0.1) is 0 Å². The van der Waals surface area contributed by atoms with Gasteiger partial charge in [0.25, 0.3) is 0 Å². The van der Waals surface area contributed by atoms with Gasteiger partial charge in [-0.15, -0.1) is 0 Å². The predicted molar refractivity (Wildman–Crippen MR) is 92.8 cm³/mol. The van der Waals surface area contributed by atoms with Gasteiger partial charge in [-0.25, -0.2) is 0 Å². The Balaban J connectivity index is 2.96. The number of hydrogen-bond donors (Lipinski definition) is 0. The quantitative estimate of drug-likeness (QED) is 0.666. The first-order valence-electron chi connectivity index (χ1n) is 9.26. The molecule has 3 nitrogen and oxygen atoms in total. The van der Waals surface area contributed by atoms with E-state index >= 15 is 0 Å². The third-order valence-corrected chi connectivity index (χ3v) is 5.79. The number of nitrogens with zero attached hydrogens (tertiary/aromatic N) is 1. The molecule has 1 heterocycles. The highest BCUT2D eigenvalue weighted by molar-refractivity contribution is 5.80. The standard InChI is InChI=1S/C19H37NO2/c1-7-15(4)14-20(9-3)18(21)17(16(5)8-2)19(6)10-12-22-13-11-19/h15-17H,7-14H2,1-6H3. The van der Waals surface area contributed by atoms with Crippen molar-refractivity contribution in [3.63, 3.8) is 0 Å². The van der Waals surface area contributed by atoms with Crippen LogP contribution < -0.4 is 0 Å². The Labute approximate surface area is 137 Å². The van der Waals surface area contributed by atoms with E-state index in [1.807, 2.05) is 0 Å². The topological polar surface area (TPSA) is 29.5 Å². The second-order valence-corrected chi connectivity index (χ2v) is 7.52. The molecule has 1 amide bonds. The van der Waals surface area contributed by atoms with E-state index in [1.54, 1.807) is 0 Å². The van der Waals surface area contributed by atoms with Crippen molar-refractivity contribution in [2.24, 2.45) is 23.2 Å². The maximum atomic E-state index is 13.3. The monoisotopic (exact) mass is 311 g/mol. The first-order valence-corrected chi connectivity index (χ1v) is 9.26. The molecule has 1 rings (SSSR count). The van der Waals surface area contributed by atoms with Gasteiger partial charge < -0.3 is 9.64 Å². The van der Waals surface area contributed by atoms with E-state index in [9.17, 15) is 4.79 Å². The highest BCUT2D eigenvalue weighted by Gasteiger charge is 2.44. The van der Waals surface area contributed by atoms with Crippen molar-refractivity contribution in [3.8, 4) is 0 Å². The lowest BCUT2D eigenvalue weighted by molar-refractivity contribution is -0.146. The SMILES string of the molecule is CCC(C)CN(CC)C(=O)C(C(C)CC)C1(C)CCOCC1. The van der Waals surface area contributed by atoms with Gasteiger partial charge in [-0.3, -0.25) is 4.79 Å². The molecule has 0 aromatic heterocycles. The van der Waals surface area contributed by atoms with E-state index in [1.165, 1.54) is 0 Å². The summed E-state index contributed by atoms with van der Waals surface area (Å²) in [5.41, 5.74) is 0.0909. The van der Waals surface area contributed by atoms with E-state index in [0.717, 1.165) is 52.0 Å². The average molecular weight is 312 g/mol. The van der Waals surface area contributed by atoms with Gasteiger partial charge in [-0.05, 0) is 37.0 Å². The second-order valence-electron chi connectivity index (χ2n) is 7.52. The van der Waals surface area contributed by atoms with Crippen LogP contribution in [0.4, 0.5) is 0 Å². The minimum absolute atomic E-state index is 0.0909. The fourth-order valence-electron chi connectivity index (χ4n) is 3.69. The number of rotatable bonds is 8. The zero-order valence-corrected chi connectivity index (χ0v) is 15.7. The summed E-state index contributed by atoms with van der Waals surface area (Å²) in [6.07, 6.45) is 4.21. The molecular weight excluding hydrogens is 274 g/mol. The van der Waals surface area contributed by atoms with Crippen LogP contribution in [0.3, 0.4) is 0 Å². The van der Waals surface area contributed by atoms with Gasteiger partial charge in [0.15, 0.2) is 0 Å². The molecule has 0 saturated carbocycles. The summed E-state index contributed by atoms with van der Waals surface area (Å²) in [5, 5.41) is 0. The van der Waals surface area contributed by atoms with Gasteiger partial charge >= 0.3 is 0 Å². The molecular formula is C19H37NO2. The zero-order chi connectivity index (χ0) is 16.8. The molecule has 0 aromatic carbocycles. The summed E-state index contributed by atoms with van der Waals surface area (Å²) >= 11 is 0. The van der Waals surface area contributed by atoms with E-state index in [0.29, 0.717) is 17.7 Å². The molecule has 0 N–H and O–H groups in total. The van der Waals surface area contributed by atoms with Crippen molar-refractivity contribution >= 4 is 5.91 Å². The van der Waals surface area contributed by atoms with Gasteiger partial charge in [0, 0.05) is 32.2 Å². The van der Waals surface area contributed by atoms with E-state index in [-0.39, 0.29) is 11.3 Å². The molecule has 1 fully saturated rings. The normalized spacial score (nSPS) is 21.9. The third kappa shape index (κ3) is 4.71. The molecule has 1 saturated heterocycles. The molecule has 0 spiro atoms. The summed E-state index contributed by atoms with van der Waals surface area (Å²) in [4.78, 5) is 15.4. The maximum absolute atomic E-state index is 13.3. The van der Waals surface area contributed by atoms with Crippen molar-refractivity contribution in [3.05, 3.63) is 0 Å². The smallest absolute Gasteiger partial charge is 0.226 e. The number of hydrogen-bond acceptors (Lipinski definition) is 2. The summed E-state index contributed by atoms with van der Waals surface area (Å²) < 4.78 is 5.55. The molecule has 130 valence electrons. The van der Waals surface area contributed by atoms with Crippen LogP contribution in [0.5, 0.6) is 0 Å². The number of ether oxygens (including phenoxy) is 1. The lowest BCUT2D eigenvalue weighted by atomic mass is 9.65. The molecule has 1 aliphatic rings. The van der Waals surface area contributed by atoms with Gasteiger partial charge in [-0.2, -0.15) is 0 Å². The fourth-order valence-corrected chi connectivity index (χ4v) is 3.69. The van der Waals surface area contributed by atoms with Gasteiger partial charge in [0.2, 0.25) is 5.91 Å². The Morgan fingerprint density at radius 3 is 2.18 bits per heavy atom. The van der Waals surface area contributed by atoms with E-state index < -0.39 is 0 Å². The predicted octanol–water partition coefficient (Wildman–Crippen LogP) is 4.36. The van der Waals surface area contributed by atoms with Crippen LogP contribution in [0.2, 0.25) is 0 Å². The molecule has 0 aromatic rings. The summed E-state index contributed by atoms with van der Waals surface area (Å²) in [6.45, 7) is 16.6. The molecule has 22 heavy (non-hydrogen) atoms. The van der Waals surface area contributed by atoms with Gasteiger partial charge in [0.1, 0.15) is 0 Å². The van der Waals surface area contributed by atoms with Crippen molar-refractivity contribution in [2.45, 2.75) is 67.2 Å². The minimum atomic E-state index is 0.0909. The largest absolute Gasteiger partial charge is 0.381 e. The highest BCUT2D eigenvalue weighted by atomic mass is 16.5. The Morgan fingerprint density at radius 1 is 1.14 bits per heavy atom. The third-order valence-electron chi connectivity index (χ3n) is 5.79. The molecule has 0 bridgehead atoms. The zero-order valence-electron chi connectivity index (χ0n) is 15.7. The molecule has 0 radical (unpaired) electrons. The summed E-state index contributed by atoms with van der Waals surface area (Å²) in [5.74, 6) is 1.51.